The van der Waals surface area contributed by atoms with Crippen molar-refractivity contribution >= 4 is 23.5 Å². The van der Waals surface area contributed by atoms with E-state index < -0.39 is 0 Å². The van der Waals surface area contributed by atoms with E-state index in [4.69, 9.17) is 5.73 Å². The normalized spacial score (nSPS) is 16.2. The maximum atomic E-state index is 12.6. The summed E-state index contributed by atoms with van der Waals surface area (Å²) >= 11 is 0. The van der Waals surface area contributed by atoms with Crippen molar-refractivity contribution in [3.63, 3.8) is 0 Å². The average molecular weight is 396 g/mol. The number of benzene rings is 1. The summed E-state index contributed by atoms with van der Waals surface area (Å²) in [5.41, 5.74) is 7.39. The molecule has 29 heavy (non-hydrogen) atoms. The van der Waals surface area contributed by atoms with Gasteiger partial charge in [-0.1, -0.05) is 19.1 Å². The summed E-state index contributed by atoms with van der Waals surface area (Å²) in [6.07, 6.45) is 3.79. The molecule has 0 radical (unpaired) electrons. The van der Waals surface area contributed by atoms with Gasteiger partial charge in [-0.15, -0.1) is 0 Å². The minimum absolute atomic E-state index is 0.0981. The first kappa shape index (κ1) is 20.7. The molecule has 1 aliphatic heterocycles. The maximum absolute atomic E-state index is 12.6. The molecule has 1 fully saturated rings. The topological polar surface area (TPSA) is 104 Å². The number of nitrogens with one attached hydrogen (secondary N) is 1. The highest BCUT2D eigenvalue weighted by atomic mass is 16.2. The SMILES string of the molecule is CC(N)C(C)C(=O)Nc1ccc(CC(=O)N2CCN(c3ncccn3)CC2)cc1. The van der Waals surface area contributed by atoms with Gasteiger partial charge in [0.25, 0.3) is 0 Å². The average Bonchev–Trinajstić information content (AvgIpc) is 2.75. The van der Waals surface area contributed by atoms with Crippen molar-refractivity contribution in [2.45, 2.75) is 26.3 Å². The molecule has 0 spiro atoms. The van der Waals surface area contributed by atoms with Gasteiger partial charge in [0.2, 0.25) is 17.8 Å². The number of carbonyl (C=O) groups is 2. The van der Waals surface area contributed by atoms with E-state index in [2.05, 4.69) is 20.2 Å². The first-order valence-corrected chi connectivity index (χ1v) is 9.89. The first-order valence-electron chi connectivity index (χ1n) is 9.89. The van der Waals surface area contributed by atoms with Crippen molar-refractivity contribution in [3.05, 3.63) is 48.3 Å². The van der Waals surface area contributed by atoms with Crippen LogP contribution in [0.25, 0.3) is 0 Å². The molecule has 8 nitrogen and oxygen atoms in total. The second-order valence-corrected chi connectivity index (χ2v) is 7.43. The number of hydrogen-bond donors (Lipinski definition) is 2. The summed E-state index contributed by atoms with van der Waals surface area (Å²) in [7, 11) is 0. The lowest BCUT2D eigenvalue weighted by molar-refractivity contribution is -0.130. The largest absolute Gasteiger partial charge is 0.339 e. The van der Waals surface area contributed by atoms with Gasteiger partial charge >= 0.3 is 0 Å². The summed E-state index contributed by atoms with van der Waals surface area (Å²) in [6.45, 7) is 6.36. The second-order valence-electron chi connectivity index (χ2n) is 7.43. The summed E-state index contributed by atoms with van der Waals surface area (Å²) < 4.78 is 0. The van der Waals surface area contributed by atoms with E-state index in [1.807, 2.05) is 36.1 Å². The monoisotopic (exact) mass is 396 g/mol. The fourth-order valence-electron chi connectivity index (χ4n) is 3.10. The highest BCUT2D eigenvalue weighted by molar-refractivity contribution is 5.92. The van der Waals surface area contributed by atoms with E-state index >= 15 is 0 Å². The predicted octanol–water partition coefficient (Wildman–Crippen LogP) is 1.29. The Hall–Kier alpha value is -3.00. The maximum Gasteiger partial charge on any atom is 0.228 e. The molecule has 2 amide bonds. The smallest absolute Gasteiger partial charge is 0.228 e. The Morgan fingerprint density at radius 3 is 2.28 bits per heavy atom. The van der Waals surface area contributed by atoms with Gasteiger partial charge < -0.3 is 20.9 Å². The fourth-order valence-corrected chi connectivity index (χ4v) is 3.10. The number of rotatable bonds is 6. The van der Waals surface area contributed by atoms with Crippen LogP contribution in [0.1, 0.15) is 19.4 Å². The summed E-state index contributed by atoms with van der Waals surface area (Å²) in [5, 5.41) is 2.86. The fraction of sp³-hybridized carbons (Fsp3) is 0.429. The van der Waals surface area contributed by atoms with Gasteiger partial charge in [-0.3, -0.25) is 9.59 Å². The Labute approximate surface area is 171 Å². The van der Waals surface area contributed by atoms with Crippen molar-refractivity contribution in [2.75, 3.05) is 36.4 Å². The van der Waals surface area contributed by atoms with Crippen molar-refractivity contribution < 1.29 is 9.59 Å². The number of piperazine rings is 1. The Morgan fingerprint density at radius 2 is 1.69 bits per heavy atom. The number of nitrogens with zero attached hydrogens (tertiary/aromatic N) is 4. The quantitative estimate of drug-likeness (QED) is 0.762. The molecule has 2 aromatic rings. The zero-order chi connectivity index (χ0) is 20.8. The minimum atomic E-state index is -0.267. The number of carbonyl (C=O) groups excluding carboxylic acids is 2. The molecule has 3 N–H and O–H groups in total. The summed E-state index contributed by atoms with van der Waals surface area (Å²) in [5.74, 6) is 0.428. The number of aromatic nitrogens is 2. The molecule has 154 valence electrons. The molecule has 2 heterocycles. The van der Waals surface area contributed by atoms with E-state index in [9.17, 15) is 9.59 Å². The first-order chi connectivity index (χ1) is 13.9. The van der Waals surface area contributed by atoms with E-state index in [1.54, 1.807) is 25.4 Å². The Kier molecular flexibility index (Phi) is 6.77. The third-order valence-corrected chi connectivity index (χ3v) is 5.25. The van der Waals surface area contributed by atoms with Crippen LogP contribution in [0, 0.1) is 5.92 Å². The van der Waals surface area contributed by atoms with Crippen LogP contribution in [0.15, 0.2) is 42.7 Å². The molecular weight excluding hydrogens is 368 g/mol. The van der Waals surface area contributed by atoms with Crippen LogP contribution in [-0.2, 0) is 16.0 Å². The van der Waals surface area contributed by atoms with Crippen LogP contribution in [0.4, 0.5) is 11.6 Å². The van der Waals surface area contributed by atoms with Gasteiger partial charge in [-0.05, 0) is 30.7 Å². The molecule has 8 heteroatoms. The van der Waals surface area contributed by atoms with Gasteiger partial charge in [0.1, 0.15) is 0 Å². The Morgan fingerprint density at radius 1 is 1.07 bits per heavy atom. The summed E-state index contributed by atoms with van der Waals surface area (Å²) in [6, 6.07) is 8.97. The van der Waals surface area contributed by atoms with Crippen molar-refractivity contribution in [1.29, 1.82) is 0 Å². The Balaban J connectivity index is 1.49. The van der Waals surface area contributed by atoms with E-state index in [0.29, 0.717) is 31.1 Å². The van der Waals surface area contributed by atoms with E-state index in [0.717, 1.165) is 18.7 Å². The van der Waals surface area contributed by atoms with Gasteiger partial charge in [-0.25, -0.2) is 9.97 Å². The lowest BCUT2D eigenvalue weighted by Crippen LogP contribution is -2.49. The standard InChI is InChI=1S/C21H28N6O2/c1-15(16(2)22)20(29)25-18-6-4-17(5-7-18)14-19(28)26-10-12-27(13-11-26)21-23-8-3-9-24-21/h3-9,15-16H,10-14,22H2,1-2H3,(H,25,29). The van der Waals surface area contributed by atoms with Crippen LogP contribution in [0.5, 0.6) is 0 Å². The third kappa shape index (κ3) is 5.51. The molecule has 3 rings (SSSR count). The Bertz CT molecular complexity index is 817. The van der Waals surface area contributed by atoms with Crippen LogP contribution in [0.2, 0.25) is 0 Å². The number of anilines is 2. The van der Waals surface area contributed by atoms with Crippen molar-refractivity contribution in [2.24, 2.45) is 11.7 Å². The lowest BCUT2D eigenvalue weighted by Gasteiger charge is -2.34. The molecule has 1 saturated heterocycles. The van der Waals surface area contributed by atoms with Crippen LogP contribution in [0.3, 0.4) is 0 Å². The van der Waals surface area contributed by atoms with Gasteiger partial charge in [0.15, 0.2) is 0 Å². The van der Waals surface area contributed by atoms with Crippen molar-refractivity contribution in [3.8, 4) is 0 Å². The van der Waals surface area contributed by atoms with Crippen LogP contribution >= 0.6 is 0 Å². The zero-order valence-corrected chi connectivity index (χ0v) is 16.9. The summed E-state index contributed by atoms with van der Waals surface area (Å²) in [4.78, 5) is 37.2. The molecule has 1 aliphatic rings. The number of nitrogens with two attached hydrogens (primary N) is 1. The van der Waals surface area contributed by atoms with Gasteiger partial charge in [0.05, 0.1) is 12.3 Å². The molecule has 0 aliphatic carbocycles. The lowest BCUT2D eigenvalue weighted by atomic mass is 10.0. The zero-order valence-electron chi connectivity index (χ0n) is 16.9. The molecule has 0 bridgehead atoms. The minimum Gasteiger partial charge on any atom is -0.339 e. The number of hydrogen-bond acceptors (Lipinski definition) is 6. The highest BCUT2D eigenvalue weighted by Gasteiger charge is 2.22. The molecule has 2 unspecified atom stereocenters. The predicted molar refractivity (Wildman–Crippen MR) is 112 cm³/mol. The molecule has 0 saturated carbocycles. The van der Waals surface area contributed by atoms with E-state index in [-0.39, 0.29) is 23.8 Å². The third-order valence-electron chi connectivity index (χ3n) is 5.25. The van der Waals surface area contributed by atoms with Gasteiger partial charge in [0, 0.05) is 50.3 Å². The van der Waals surface area contributed by atoms with Crippen molar-refractivity contribution in [1.82, 2.24) is 14.9 Å². The van der Waals surface area contributed by atoms with Crippen LogP contribution < -0.4 is 16.0 Å². The van der Waals surface area contributed by atoms with Gasteiger partial charge in [-0.2, -0.15) is 0 Å². The molecule has 1 aromatic heterocycles. The molecule has 2 atom stereocenters. The molecular formula is C21H28N6O2. The number of amides is 2. The van der Waals surface area contributed by atoms with Crippen LogP contribution in [-0.4, -0.2) is 58.9 Å². The highest BCUT2D eigenvalue weighted by Crippen LogP contribution is 2.15. The molecule has 1 aromatic carbocycles. The second kappa shape index (κ2) is 9.47. The van der Waals surface area contributed by atoms with E-state index in [1.165, 1.54) is 0 Å².